The summed E-state index contributed by atoms with van der Waals surface area (Å²) in [7, 11) is 0. The van der Waals surface area contributed by atoms with Crippen molar-refractivity contribution < 1.29 is 0 Å². The monoisotopic (exact) mass is 691 g/mol. The number of pyridine rings is 3. The highest BCUT2D eigenvalue weighted by Gasteiger charge is 2.19. The lowest BCUT2D eigenvalue weighted by atomic mass is 9.97. The van der Waals surface area contributed by atoms with Crippen LogP contribution in [0.25, 0.3) is 90.0 Å². The Morgan fingerprint density at radius 2 is 0.667 bits per heavy atom. The first-order chi connectivity index (χ1) is 26.8. The van der Waals surface area contributed by atoms with Gasteiger partial charge >= 0.3 is 0 Å². The fraction of sp³-hybridized carbons (Fsp3) is 0. The van der Waals surface area contributed by atoms with Crippen LogP contribution >= 0.6 is 0 Å². The summed E-state index contributed by atoms with van der Waals surface area (Å²) >= 11 is 0. The van der Waals surface area contributed by atoms with Gasteiger partial charge in [0.1, 0.15) is 11.3 Å². The summed E-state index contributed by atoms with van der Waals surface area (Å²) in [5.74, 6) is 0. The van der Waals surface area contributed by atoms with E-state index >= 15 is 0 Å². The van der Waals surface area contributed by atoms with Gasteiger partial charge in [0.25, 0.3) is 0 Å². The number of hydrogen-bond donors (Lipinski definition) is 0. The largest absolute Gasteiger partial charge is 0.299 e. The van der Waals surface area contributed by atoms with Gasteiger partial charge in [0, 0.05) is 45.8 Å². The minimum Gasteiger partial charge on any atom is -0.299 e. The van der Waals surface area contributed by atoms with Gasteiger partial charge in [-0.2, -0.15) is 0 Å². The highest BCUT2D eigenvalue weighted by atomic mass is 15.0. The molecule has 0 aliphatic rings. The van der Waals surface area contributed by atoms with Crippen LogP contribution in [0.4, 0.5) is 0 Å². The van der Waals surface area contributed by atoms with E-state index in [-0.39, 0.29) is 0 Å². The number of benzene rings is 5. The third kappa shape index (κ3) is 5.65. The standard InChI is InChI=1S/C49H33N5/c1-4-16-34(17-5-1)41-32-42(37-22-14-24-39(30-37)48-46(35-18-6-2-7-19-35)51-44-26-10-12-28-53(44)48)50-43(33-41)38-23-15-25-40(31-38)49-47(36-20-8-3-9-21-36)52-45-27-11-13-29-54(45)49/h1-33H. The summed E-state index contributed by atoms with van der Waals surface area (Å²) in [5.41, 5.74) is 16.2. The van der Waals surface area contributed by atoms with E-state index in [1.165, 1.54) is 0 Å². The zero-order chi connectivity index (χ0) is 35.8. The lowest BCUT2D eigenvalue weighted by Gasteiger charge is -2.13. The van der Waals surface area contributed by atoms with Gasteiger partial charge in [-0.15, -0.1) is 0 Å². The van der Waals surface area contributed by atoms with Crippen LogP contribution in [0.2, 0.25) is 0 Å². The molecular formula is C49H33N5. The molecule has 0 spiro atoms. The van der Waals surface area contributed by atoms with E-state index in [2.05, 4.69) is 185 Å². The molecule has 0 fully saturated rings. The minimum atomic E-state index is 0.897. The van der Waals surface area contributed by atoms with E-state index in [1.807, 2.05) is 24.3 Å². The fourth-order valence-corrected chi connectivity index (χ4v) is 7.41. The Labute approximate surface area is 313 Å². The van der Waals surface area contributed by atoms with Crippen molar-refractivity contribution in [3.63, 3.8) is 0 Å². The van der Waals surface area contributed by atoms with Crippen LogP contribution in [0.1, 0.15) is 0 Å². The lowest BCUT2D eigenvalue weighted by molar-refractivity contribution is 1.19. The average molecular weight is 692 g/mol. The summed E-state index contributed by atoms with van der Waals surface area (Å²) in [6, 6.07) is 65.4. The third-order valence-electron chi connectivity index (χ3n) is 9.95. The molecule has 5 heteroatoms. The first-order valence-electron chi connectivity index (χ1n) is 18.1. The van der Waals surface area contributed by atoms with E-state index < -0.39 is 0 Å². The molecule has 0 bridgehead atoms. The van der Waals surface area contributed by atoms with Gasteiger partial charge in [0.05, 0.1) is 34.2 Å². The molecule has 254 valence electrons. The van der Waals surface area contributed by atoms with Crippen LogP contribution in [-0.2, 0) is 0 Å². The van der Waals surface area contributed by atoms with Crippen LogP contribution in [0.15, 0.2) is 200 Å². The Morgan fingerprint density at radius 3 is 1.13 bits per heavy atom. The topological polar surface area (TPSA) is 47.5 Å². The van der Waals surface area contributed by atoms with Crippen LogP contribution in [0.3, 0.4) is 0 Å². The predicted molar refractivity (Wildman–Crippen MR) is 220 cm³/mol. The second-order valence-corrected chi connectivity index (χ2v) is 13.4. The van der Waals surface area contributed by atoms with Gasteiger partial charge in [-0.3, -0.25) is 8.80 Å². The quantitative estimate of drug-likeness (QED) is 0.167. The second kappa shape index (κ2) is 13.3. The van der Waals surface area contributed by atoms with Crippen molar-refractivity contribution in [2.75, 3.05) is 0 Å². The van der Waals surface area contributed by atoms with Crippen molar-refractivity contribution in [1.82, 2.24) is 23.8 Å². The van der Waals surface area contributed by atoms with Gasteiger partial charge in [-0.05, 0) is 59.7 Å². The Bertz CT molecular complexity index is 2750. The van der Waals surface area contributed by atoms with Crippen molar-refractivity contribution in [1.29, 1.82) is 0 Å². The van der Waals surface area contributed by atoms with E-state index in [1.54, 1.807) is 0 Å². The highest BCUT2D eigenvalue weighted by Crippen LogP contribution is 2.38. The van der Waals surface area contributed by atoms with Crippen LogP contribution < -0.4 is 0 Å². The molecule has 0 saturated carbocycles. The van der Waals surface area contributed by atoms with Gasteiger partial charge in [-0.25, -0.2) is 15.0 Å². The number of hydrogen-bond acceptors (Lipinski definition) is 3. The molecule has 0 atom stereocenters. The number of aromatic nitrogens is 5. The number of imidazole rings is 2. The van der Waals surface area contributed by atoms with Gasteiger partial charge in [-0.1, -0.05) is 140 Å². The first kappa shape index (κ1) is 31.4. The molecule has 54 heavy (non-hydrogen) atoms. The van der Waals surface area contributed by atoms with Crippen molar-refractivity contribution in [2.24, 2.45) is 0 Å². The summed E-state index contributed by atoms with van der Waals surface area (Å²) in [6.45, 7) is 0. The molecule has 0 amide bonds. The SMILES string of the molecule is c1ccc(-c2cc(-c3cccc(-c4c(-c5ccccc5)nc5ccccn45)c3)nc(-c3cccc(-c4c(-c5ccccc5)nc5ccccn45)c3)c2)cc1. The van der Waals surface area contributed by atoms with Gasteiger partial charge < -0.3 is 0 Å². The molecule has 5 aromatic carbocycles. The normalized spacial score (nSPS) is 11.3. The molecule has 0 unspecified atom stereocenters. The molecule has 0 aliphatic heterocycles. The minimum absolute atomic E-state index is 0.897. The third-order valence-corrected chi connectivity index (χ3v) is 9.95. The Morgan fingerprint density at radius 1 is 0.278 bits per heavy atom. The lowest BCUT2D eigenvalue weighted by Crippen LogP contribution is -1.94. The molecule has 10 aromatic rings. The highest BCUT2D eigenvalue weighted by molar-refractivity contribution is 5.87. The van der Waals surface area contributed by atoms with Gasteiger partial charge in [0.15, 0.2) is 0 Å². The Kier molecular flexibility index (Phi) is 7.73. The molecule has 0 saturated heterocycles. The van der Waals surface area contributed by atoms with E-state index in [0.717, 1.165) is 90.0 Å². The smallest absolute Gasteiger partial charge is 0.137 e. The van der Waals surface area contributed by atoms with E-state index in [9.17, 15) is 0 Å². The molecule has 10 rings (SSSR count). The molecule has 0 radical (unpaired) electrons. The van der Waals surface area contributed by atoms with E-state index in [0.29, 0.717) is 0 Å². The zero-order valence-corrected chi connectivity index (χ0v) is 29.3. The molecule has 5 aromatic heterocycles. The summed E-state index contributed by atoms with van der Waals surface area (Å²) < 4.78 is 4.35. The first-order valence-corrected chi connectivity index (χ1v) is 18.1. The number of rotatable bonds is 7. The molecule has 5 heterocycles. The maximum Gasteiger partial charge on any atom is 0.137 e. The summed E-state index contributed by atoms with van der Waals surface area (Å²) in [6.07, 6.45) is 4.17. The maximum absolute atomic E-state index is 5.39. The maximum atomic E-state index is 5.39. The van der Waals surface area contributed by atoms with Crippen LogP contribution in [0.5, 0.6) is 0 Å². The summed E-state index contributed by atoms with van der Waals surface area (Å²) in [5, 5.41) is 0. The molecule has 5 nitrogen and oxygen atoms in total. The predicted octanol–water partition coefficient (Wildman–Crippen LogP) is 12.0. The molecular weight excluding hydrogens is 659 g/mol. The van der Waals surface area contributed by atoms with Crippen LogP contribution in [-0.4, -0.2) is 23.8 Å². The number of fused-ring (bicyclic) bond motifs is 2. The van der Waals surface area contributed by atoms with E-state index in [4.69, 9.17) is 15.0 Å². The van der Waals surface area contributed by atoms with Crippen molar-refractivity contribution in [3.05, 3.63) is 200 Å². The van der Waals surface area contributed by atoms with Crippen LogP contribution in [0, 0.1) is 0 Å². The zero-order valence-electron chi connectivity index (χ0n) is 29.3. The summed E-state index contributed by atoms with van der Waals surface area (Å²) in [4.78, 5) is 15.6. The Hall–Kier alpha value is -7.37. The molecule has 0 aliphatic carbocycles. The second-order valence-electron chi connectivity index (χ2n) is 13.4. The fourth-order valence-electron chi connectivity index (χ4n) is 7.41. The number of nitrogens with zero attached hydrogens (tertiary/aromatic N) is 5. The molecule has 0 N–H and O–H groups in total. The van der Waals surface area contributed by atoms with Crippen molar-refractivity contribution >= 4 is 11.3 Å². The van der Waals surface area contributed by atoms with Crippen molar-refractivity contribution in [3.8, 4) is 78.7 Å². The Balaban J connectivity index is 1.14. The van der Waals surface area contributed by atoms with Gasteiger partial charge in [0.2, 0.25) is 0 Å². The average Bonchev–Trinajstić information content (AvgIpc) is 3.84. The van der Waals surface area contributed by atoms with Crippen molar-refractivity contribution in [2.45, 2.75) is 0 Å².